The van der Waals surface area contributed by atoms with E-state index in [2.05, 4.69) is 15.4 Å². The van der Waals surface area contributed by atoms with E-state index in [9.17, 15) is 19.7 Å². The quantitative estimate of drug-likeness (QED) is 0.226. The van der Waals surface area contributed by atoms with Crippen molar-refractivity contribution >= 4 is 28.7 Å². The highest BCUT2D eigenvalue weighted by Crippen LogP contribution is 2.32. The lowest BCUT2D eigenvalue weighted by Crippen LogP contribution is -2.26. The molecule has 2 aromatic carbocycles. The van der Waals surface area contributed by atoms with Crippen LogP contribution in [-0.2, 0) is 17.9 Å². The first kappa shape index (κ1) is 22.8. The lowest BCUT2D eigenvalue weighted by atomic mass is 10.2. The standard InChI is InChI=1S/C24H20N6O6/c31-22(8-4-16-3-7-20-21(11-16)36-15-35-20)25-9-10-29-23-19(12-27-29)24(32)28(14-26-23)13-17-1-5-18(6-2-17)30(33)34/h1-8,11-12,14H,9-10,13,15H2,(H,25,31)/b8-4-. The molecule has 12 heteroatoms. The molecule has 0 radical (unpaired) electrons. The number of nitro groups is 1. The van der Waals surface area contributed by atoms with Crippen LogP contribution in [0.4, 0.5) is 5.69 Å². The Morgan fingerprint density at radius 1 is 1.17 bits per heavy atom. The van der Waals surface area contributed by atoms with Crippen LogP contribution in [0, 0.1) is 10.1 Å². The molecule has 182 valence electrons. The topological polar surface area (TPSA) is 143 Å². The van der Waals surface area contributed by atoms with Gasteiger partial charge in [0.25, 0.3) is 11.2 Å². The summed E-state index contributed by atoms with van der Waals surface area (Å²) >= 11 is 0. The number of hydrogen-bond acceptors (Lipinski definition) is 8. The zero-order valence-electron chi connectivity index (χ0n) is 18.9. The fourth-order valence-corrected chi connectivity index (χ4v) is 3.73. The molecule has 1 N–H and O–H groups in total. The molecule has 0 saturated heterocycles. The van der Waals surface area contributed by atoms with Crippen molar-refractivity contribution in [3.05, 3.63) is 92.7 Å². The smallest absolute Gasteiger partial charge is 0.269 e. The second-order valence-electron chi connectivity index (χ2n) is 7.94. The van der Waals surface area contributed by atoms with Crippen LogP contribution in [0.5, 0.6) is 11.5 Å². The minimum absolute atomic E-state index is 0.0172. The molecule has 0 aliphatic carbocycles. The molecule has 0 unspecified atom stereocenters. The third-order valence-corrected chi connectivity index (χ3v) is 5.57. The SMILES string of the molecule is O=C(/C=C\c1ccc2c(c1)OCO2)NCCn1ncc2c(=O)n(Cc3ccc([N+](=O)[O-])cc3)cnc21. The summed E-state index contributed by atoms with van der Waals surface area (Å²) in [6.45, 7) is 1.02. The molecule has 5 rings (SSSR count). The van der Waals surface area contributed by atoms with Crippen molar-refractivity contribution in [1.82, 2.24) is 24.6 Å². The van der Waals surface area contributed by atoms with Crippen molar-refractivity contribution in [2.24, 2.45) is 0 Å². The van der Waals surface area contributed by atoms with E-state index in [0.717, 1.165) is 11.1 Å². The molecule has 0 fully saturated rings. The number of hydrogen-bond donors (Lipinski definition) is 1. The number of amides is 1. The first-order valence-electron chi connectivity index (χ1n) is 11.0. The minimum atomic E-state index is -0.476. The predicted octanol–water partition coefficient (Wildman–Crippen LogP) is 2.11. The van der Waals surface area contributed by atoms with Crippen LogP contribution >= 0.6 is 0 Å². The molecule has 0 spiro atoms. The van der Waals surface area contributed by atoms with E-state index in [1.165, 1.54) is 35.3 Å². The van der Waals surface area contributed by atoms with Gasteiger partial charge in [-0.05, 0) is 29.3 Å². The first-order chi connectivity index (χ1) is 17.5. The molecule has 1 aliphatic rings. The number of ether oxygens (including phenoxy) is 2. The van der Waals surface area contributed by atoms with E-state index >= 15 is 0 Å². The molecule has 4 aromatic rings. The van der Waals surface area contributed by atoms with Gasteiger partial charge in [-0.15, -0.1) is 0 Å². The third kappa shape index (κ3) is 4.78. The molecular weight excluding hydrogens is 468 g/mol. The molecular formula is C24H20N6O6. The monoisotopic (exact) mass is 488 g/mol. The second kappa shape index (κ2) is 9.70. The van der Waals surface area contributed by atoms with Crippen molar-refractivity contribution < 1.29 is 19.2 Å². The number of fused-ring (bicyclic) bond motifs is 2. The average molecular weight is 488 g/mol. The van der Waals surface area contributed by atoms with E-state index < -0.39 is 4.92 Å². The Labute approximate surface area is 203 Å². The zero-order chi connectivity index (χ0) is 25.1. The summed E-state index contributed by atoms with van der Waals surface area (Å²) in [5, 5.41) is 18.2. The Morgan fingerprint density at radius 3 is 2.78 bits per heavy atom. The number of non-ortho nitro benzene ring substituents is 1. The number of carbonyl (C=O) groups excluding carboxylic acids is 1. The van der Waals surface area contributed by atoms with Gasteiger partial charge >= 0.3 is 0 Å². The molecule has 2 aromatic heterocycles. The van der Waals surface area contributed by atoms with Crippen molar-refractivity contribution in [3.8, 4) is 11.5 Å². The highest BCUT2D eigenvalue weighted by Gasteiger charge is 2.13. The number of aromatic nitrogens is 4. The van der Waals surface area contributed by atoms with Gasteiger partial charge in [0.1, 0.15) is 11.7 Å². The molecule has 36 heavy (non-hydrogen) atoms. The first-order valence-corrected chi connectivity index (χ1v) is 11.0. The maximum atomic E-state index is 12.9. The molecule has 0 atom stereocenters. The van der Waals surface area contributed by atoms with E-state index in [-0.39, 0.29) is 37.0 Å². The number of nitrogens with one attached hydrogen (secondary N) is 1. The Balaban J connectivity index is 1.19. The zero-order valence-corrected chi connectivity index (χ0v) is 18.9. The summed E-state index contributed by atoms with van der Waals surface area (Å²) in [7, 11) is 0. The number of carbonyl (C=O) groups is 1. The normalized spacial score (nSPS) is 12.3. The van der Waals surface area contributed by atoms with E-state index in [1.807, 2.05) is 6.07 Å². The van der Waals surface area contributed by atoms with Gasteiger partial charge in [0.15, 0.2) is 17.1 Å². The molecule has 3 heterocycles. The average Bonchev–Trinajstić information content (AvgIpc) is 3.52. The van der Waals surface area contributed by atoms with Crippen LogP contribution in [0.15, 0.2) is 65.9 Å². The lowest BCUT2D eigenvalue weighted by molar-refractivity contribution is -0.384. The van der Waals surface area contributed by atoms with Gasteiger partial charge < -0.3 is 14.8 Å². The van der Waals surface area contributed by atoms with Gasteiger partial charge in [-0.2, -0.15) is 5.10 Å². The molecule has 0 bridgehead atoms. The molecule has 1 amide bonds. The van der Waals surface area contributed by atoms with Gasteiger partial charge in [0.05, 0.1) is 24.2 Å². The molecule has 0 saturated carbocycles. The highest BCUT2D eigenvalue weighted by atomic mass is 16.7. The summed E-state index contributed by atoms with van der Waals surface area (Å²) < 4.78 is 13.6. The third-order valence-electron chi connectivity index (χ3n) is 5.57. The summed E-state index contributed by atoms with van der Waals surface area (Å²) in [4.78, 5) is 39.7. The van der Waals surface area contributed by atoms with Crippen LogP contribution < -0.4 is 20.3 Å². The molecule has 1 aliphatic heterocycles. The second-order valence-corrected chi connectivity index (χ2v) is 7.94. The van der Waals surface area contributed by atoms with Gasteiger partial charge in [0, 0.05) is 24.8 Å². The van der Waals surface area contributed by atoms with Crippen molar-refractivity contribution in [3.63, 3.8) is 0 Å². The highest BCUT2D eigenvalue weighted by molar-refractivity contribution is 5.91. The lowest BCUT2D eigenvalue weighted by Gasteiger charge is -2.07. The Bertz CT molecular complexity index is 1540. The summed E-state index contributed by atoms with van der Waals surface area (Å²) in [6.07, 6.45) is 5.96. The van der Waals surface area contributed by atoms with Gasteiger partial charge in [-0.25, -0.2) is 9.67 Å². The summed E-state index contributed by atoms with van der Waals surface area (Å²) in [5.74, 6) is 1.04. The Morgan fingerprint density at radius 2 is 1.97 bits per heavy atom. The van der Waals surface area contributed by atoms with Crippen LogP contribution in [0.2, 0.25) is 0 Å². The number of rotatable bonds is 8. The Hall–Kier alpha value is -5.00. The van der Waals surface area contributed by atoms with E-state index in [0.29, 0.717) is 29.1 Å². The maximum absolute atomic E-state index is 12.9. The fraction of sp³-hybridized carbons (Fsp3) is 0.167. The minimum Gasteiger partial charge on any atom is -0.454 e. The van der Waals surface area contributed by atoms with E-state index in [4.69, 9.17) is 9.47 Å². The number of benzene rings is 2. The number of nitro benzene ring substituents is 1. The number of nitrogens with zero attached hydrogens (tertiary/aromatic N) is 5. The van der Waals surface area contributed by atoms with E-state index in [1.54, 1.807) is 35.0 Å². The Kier molecular flexibility index (Phi) is 6.14. The van der Waals surface area contributed by atoms with Crippen LogP contribution in [0.25, 0.3) is 17.1 Å². The van der Waals surface area contributed by atoms with Gasteiger partial charge in [0.2, 0.25) is 12.7 Å². The fourth-order valence-electron chi connectivity index (χ4n) is 3.73. The van der Waals surface area contributed by atoms with Crippen LogP contribution in [0.3, 0.4) is 0 Å². The van der Waals surface area contributed by atoms with Gasteiger partial charge in [-0.3, -0.25) is 24.3 Å². The summed E-state index contributed by atoms with van der Waals surface area (Å²) in [5.41, 5.74) is 1.65. The molecule has 12 nitrogen and oxygen atoms in total. The van der Waals surface area contributed by atoms with Crippen molar-refractivity contribution in [2.75, 3.05) is 13.3 Å². The van der Waals surface area contributed by atoms with Crippen molar-refractivity contribution in [1.29, 1.82) is 0 Å². The van der Waals surface area contributed by atoms with Crippen LogP contribution in [0.1, 0.15) is 11.1 Å². The predicted molar refractivity (Wildman–Crippen MR) is 129 cm³/mol. The maximum Gasteiger partial charge on any atom is 0.269 e. The summed E-state index contributed by atoms with van der Waals surface area (Å²) in [6, 6.07) is 11.4. The van der Waals surface area contributed by atoms with Crippen LogP contribution in [-0.4, -0.2) is 43.5 Å². The van der Waals surface area contributed by atoms with Gasteiger partial charge in [-0.1, -0.05) is 18.2 Å². The van der Waals surface area contributed by atoms with Crippen molar-refractivity contribution in [2.45, 2.75) is 13.1 Å². The largest absolute Gasteiger partial charge is 0.454 e.